The van der Waals surface area contributed by atoms with E-state index in [9.17, 15) is 9.59 Å². The number of hydrogen-bond acceptors (Lipinski definition) is 2. The van der Waals surface area contributed by atoms with Crippen molar-refractivity contribution in [2.24, 2.45) is 17.3 Å². The van der Waals surface area contributed by atoms with Crippen molar-refractivity contribution in [2.75, 3.05) is 0 Å². The number of fused-ring (bicyclic) bond motifs is 1. The first kappa shape index (κ1) is 9.69. The molecule has 2 aliphatic rings. The molecule has 2 rings (SSSR count). The third-order valence-electron chi connectivity index (χ3n) is 4.18. The van der Waals surface area contributed by atoms with E-state index in [-0.39, 0.29) is 17.3 Å². The smallest absolute Gasteiger partial charge is 0.307 e. The van der Waals surface area contributed by atoms with Crippen LogP contribution in [0.4, 0.5) is 0 Å². The topological polar surface area (TPSA) is 54.4 Å². The number of ketones is 1. The fourth-order valence-electron chi connectivity index (χ4n) is 3.26. The summed E-state index contributed by atoms with van der Waals surface area (Å²) in [6.45, 7) is 2.05. The fourth-order valence-corrected chi connectivity index (χ4v) is 3.26. The van der Waals surface area contributed by atoms with E-state index in [1.54, 1.807) is 0 Å². The zero-order valence-corrected chi connectivity index (χ0v) is 8.45. The van der Waals surface area contributed by atoms with Crippen molar-refractivity contribution in [2.45, 2.75) is 39.0 Å². The summed E-state index contributed by atoms with van der Waals surface area (Å²) in [6.07, 6.45) is 3.68. The van der Waals surface area contributed by atoms with Gasteiger partial charge in [0.2, 0.25) is 0 Å². The molecule has 3 atom stereocenters. The zero-order chi connectivity index (χ0) is 10.3. The Kier molecular flexibility index (Phi) is 2.13. The van der Waals surface area contributed by atoms with Crippen LogP contribution in [0.25, 0.3) is 0 Å². The SMILES string of the molecule is CC[C@]12CCC(=O)CC[C@@H]1C2C(=O)O. The van der Waals surface area contributed by atoms with E-state index in [1.807, 2.05) is 6.92 Å². The van der Waals surface area contributed by atoms with Crippen molar-refractivity contribution in [3.8, 4) is 0 Å². The summed E-state index contributed by atoms with van der Waals surface area (Å²) in [4.78, 5) is 22.2. The maximum Gasteiger partial charge on any atom is 0.307 e. The zero-order valence-electron chi connectivity index (χ0n) is 8.45. The monoisotopic (exact) mass is 196 g/mol. The van der Waals surface area contributed by atoms with Gasteiger partial charge in [-0.1, -0.05) is 6.92 Å². The van der Waals surface area contributed by atoms with Gasteiger partial charge in [-0.05, 0) is 30.6 Å². The molecule has 3 heteroatoms. The molecule has 2 aliphatic carbocycles. The minimum absolute atomic E-state index is 0.0298. The molecule has 2 fully saturated rings. The van der Waals surface area contributed by atoms with Crippen LogP contribution in [0.1, 0.15) is 39.0 Å². The van der Waals surface area contributed by atoms with Crippen LogP contribution < -0.4 is 0 Å². The number of hydrogen-bond donors (Lipinski definition) is 1. The second-order valence-electron chi connectivity index (χ2n) is 4.59. The van der Waals surface area contributed by atoms with Gasteiger partial charge < -0.3 is 5.11 Å². The molecule has 3 nitrogen and oxygen atoms in total. The minimum Gasteiger partial charge on any atom is -0.481 e. The summed E-state index contributed by atoms with van der Waals surface area (Å²) >= 11 is 0. The lowest BCUT2D eigenvalue weighted by molar-refractivity contribution is -0.140. The Morgan fingerprint density at radius 1 is 1.57 bits per heavy atom. The van der Waals surface area contributed by atoms with Gasteiger partial charge in [0, 0.05) is 12.8 Å². The minimum atomic E-state index is -0.661. The lowest BCUT2D eigenvalue weighted by atomic mass is 9.92. The summed E-state index contributed by atoms with van der Waals surface area (Å²) in [5.74, 6) is -0.239. The normalized spacial score (nSPS) is 41.4. The third kappa shape index (κ3) is 1.18. The van der Waals surface area contributed by atoms with Crippen molar-refractivity contribution in [3.63, 3.8) is 0 Å². The standard InChI is InChI=1S/C11H16O3/c1-2-11-6-5-7(12)3-4-8(11)9(11)10(13)14/h8-9H,2-6H2,1H3,(H,13,14)/t8-,9?,11+/m1/s1. The number of Topliss-reactive ketones (excluding diaryl/α,β-unsaturated/α-hetero) is 1. The average molecular weight is 196 g/mol. The first-order valence-electron chi connectivity index (χ1n) is 5.36. The summed E-state index contributed by atoms with van der Waals surface area (Å²) in [7, 11) is 0. The highest BCUT2D eigenvalue weighted by Crippen LogP contribution is 2.66. The first-order valence-corrected chi connectivity index (χ1v) is 5.36. The van der Waals surface area contributed by atoms with Crippen LogP contribution in [0, 0.1) is 17.3 Å². The quantitative estimate of drug-likeness (QED) is 0.733. The first-order chi connectivity index (χ1) is 6.62. The van der Waals surface area contributed by atoms with E-state index in [0.29, 0.717) is 18.6 Å². The van der Waals surface area contributed by atoms with Crippen molar-refractivity contribution in [1.29, 1.82) is 0 Å². The molecule has 0 radical (unpaired) electrons. The molecule has 0 amide bonds. The van der Waals surface area contributed by atoms with Gasteiger partial charge >= 0.3 is 5.97 Å². The lowest BCUT2D eigenvalue weighted by Gasteiger charge is -2.11. The summed E-state index contributed by atoms with van der Waals surface area (Å²) in [5, 5.41) is 9.05. The largest absolute Gasteiger partial charge is 0.481 e. The maximum absolute atomic E-state index is 11.2. The van der Waals surface area contributed by atoms with Crippen molar-refractivity contribution in [3.05, 3.63) is 0 Å². The van der Waals surface area contributed by atoms with Crippen molar-refractivity contribution < 1.29 is 14.7 Å². The lowest BCUT2D eigenvalue weighted by Crippen LogP contribution is -2.11. The van der Waals surface area contributed by atoms with E-state index in [1.165, 1.54) is 0 Å². The van der Waals surface area contributed by atoms with Crippen LogP contribution in [0.5, 0.6) is 0 Å². The van der Waals surface area contributed by atoms with E-state index < -0.39 is 5.97 Å². The fraction of sp³-hybridized carbons (Fsp3) is 0.818. The molecule has 0 heterocycles. The molecule has 0 aromatic heterocycles. The molecule has 0 aromatic rings. The molecular formula is C11H16O3. The highest BCUT2D eigenvalue weighted by molar-refractivity contribution is 5.81. The van der Waals surface area contributed by atoms with E-state index in [2.05, 4.69) is 0 Å². The highest BCUT2D eigenvalue weighted by Gasteiger charge is 2.66. The summed E-state index contributed by atoms with van der Waals surface area (Å²) in [5.41, 5.74) is -0.0298. The van der Waals surface area contributed by atoms with Gasteiger partial charge in [-0.2, -0.15) is 0 Å². The van der Waals surface area contributed by atoms with Crippen LogP contribution in [0.2, 0.25) is 0 Å². The highest BCUT2D eigenvalue weighted by atomic mass is 16.4. The van der Waals surface area contributed by atoms with Gasteiger partial charge in [-0.25, -0.2) is 0 Å². The van der Waals surface area contributed by atoms with Gasteiger partial charge in [0.25, 0.3) is 0 Å². The van der Waals surface area contributed by atoms with Gasteiger partial charge in [-0.3, -0.25) is 9.59 Å². The van der Waals surface area contributed by atoms with Crippen LogP contribution in [0.15, 0.2) is 0 Å². The summed E-state index contributed by atoms with van der Waals surface area (Å²) in [6, 6.07) is 0. The Balaban J connectivity index is 2.16. The van der Waals surface area contributed by atoms with Gasteiger partial charge in [0.05, 0.1) is 5.92 Å². The van der Waals surface area contributed by atoms with Crippen LogP contribution in [0.3, 0.4) is 0 Å². The Morgan fingerprint density at radius 2 is 2.29 bits per heavy atom. The number of carbonyl (C=O) groups is 2. The third-order valence-corrected chi connectivity index (χ3v) is 4.18. The predicted octanol–water partition coefficient (Wildman–Crippen LogP) is 1.86. The Bertz CT molecular complexity index is 284. The molecule has 14 heavy (non-hydrogen) atoms. The van der Waals surface area contributed by atoms with Gasteiger partial charge in [0.15, 0.2) is 0 Å². The molecular weight excluding hydrogens is 180 g/mol. The molecule has 2 saturated carbocycles. The predicted molar refractivity (Wildman–Crippen MR) is 50.8 cm³/mol. The molecule has 1 N–H and O–H groups in total. The van der Waals surface area contributed by atoms with E-state index in [4.69, 9.17) is 5.11 Å². The molecule has 0 aliphatic heterocycles. The Morgan fingerprint density at radius 3 is 2.86 bits per heavy atom. The number of carboxylic acids is 1. The Hall–Kier alpha value is -0.860. The second-order valence-corrected chi connectivity index (χ2v) is 4.59. The second kappa shape index (κ2) is 3.07. The number of carbonyl (C=O) groups excluding carboxylic acids is 1. The molecule has 0 saturated heterocycles. The van der Waals surface area contributed by atoms with E-state index >= 15 is 0 Å². The van der Waals surface area contributed by atoms with Gasteiger partial charge in [0.1, 0.15) is 5.78 Å². The van der Waals surface area contributed by atoms with Crippen LogP contribution >= 0.6 is 0 Å². The van der Waals surface area contributed by atoms with Gasteiger partial charge in [-0.15, -0.1) is 0 Å². The molecule has 78 valence electrons. The van der Waals surface area contributed by atoms with Crippen LogP contribution in [-0.2, 0) is 9.59 Å². The Labute approximate surface area is 83.5 Å². The number of carboxylic acid groups (broad SMARTS) is 1. The molecule has 0 bridgehead atoms. The maximum atomic E-state index is 11.2. The molecule has 0 spiro atoms. The van der Waals surface area contributed by atoms with Crippen LogP contribution in [-0.4, -0.2) is 16.9 Å². The van der Waals surface area contributed by atoms with Crippen molar-refractivity contribution >= 4 is 11.8 Å². The summed E-state index contributed by atoms with van der Waals surface area (Å²) < 4.78 is 0. The molecule has 0 aromatic carbocycles. The number of aliphatic carboxylic acids is 1. The number of rotatable bonds is 2. The van der Waals surface area contributed by atoms with E-state index in [0.717, 1.165) is 19.3 Å². The molecule has 1 unspecified atom stereocenters. The average Bonchev–Trinajstić information content (AvgIpc) is 2.81. The van der Waals surface area contributed by atoms with Crippen molar-refractivity contribution in [1.82, 2.24) is 0 Å².